The van der Waals surface area contributed by atoms with E-state index in [0.29, 0.717) is 18.1 Å². The maximum atomic E-state index is 11.5. The van der Waals surface area contributed by atoms with Crippen LogP contribution in [0.2, 0.25) is 5.02 Å². The molecule has 0 spiro atoms. The van der Waals surface area contributed by atoms with Crippen molar-refractivity contribution in [2.24, 2.45) is 11.7 Å². The van der Waals surface area contributed by atoms with Crippen molar-refractivity contribution in [3.63, 3.8) is 0 Å². The summed E-state index contributed by atoms with van der Waals surface area (Å²) in [6.45, 7) is 0.313. The van der Waals surface area contributed by atoms with Gasteiger partial charge in [0.1, 0.15) is 6.61 Å². The average molecular weight is 238 g/mol. The fourth-order valence-corrected chi connectivity index (χ4v) is 1.87. The average Bonchev–Trinajstić information content (AvgIpc) is 2.63. The number of hydrogen-bond acceptors (Lipinski definition) is 3. The Labute approximate surface area is 98.8 Å². The molecule has 1 unspecified atom stereocenters. The van der Waals surface area contributed by atoms with Crippen LogP contribution in [-0.4, -0.2) is 12.6 Å². The molecule has 1 aliphatic heterocycles. The Hall–Kier alpha value is -1.48. The Morgan fingerprint density at radius 1 is 1.44 bits per heavy atom. The molecule has 1 heterocycles. The van der Waals surface area contributed by atoms with Gasteiger partial charge >= 0.3 is 5.97 Å². The van der Waals surface area contributed by atoms with Crippen molar-refractivity contribution in [2.45, 2.75) is 6.42 Å². The molecular formula is C12H12ClNO2. The van der Waals surface area contributed by atoms with E-state index in [0.717, 1.165) is 11.1 Å². The van der Waals surface area contributed by atoms with Gasteiger partial charge in [0.25, 0.3) is 0 Å². The van der Waals surface area contributed by atoms with Gasteiger partial charge in [0.05, 0.1) is 5.92 Å². The van der Waals surface area contributed by atoms with Crippen molar-refractivity contribution in [2.75, 3.05) is 6.61 Å². The summed E-state index contributed by atoms with van der Waals surface area (Å²) in [5.74, 6) is -0.446. The Bertz CT molecular complexity index is 425. The van der Waals surface area contributed by atoms with Crippen molar-refractivity contribution in [3.05, 3.63) is 46.6 Å². The minimum atomic E-state index is -0.244. The lowest BCUT2D eigenvalue weighted by atomic mass is 9.94. The van der Waals surface area contributed by atoms with Gasteiger partial charge in [-0.3, -0.25) is 4.79 Å². The van der Waals surface area contributed by atoms with Gasteiger partial charge in [-0.2, -0.15) is 0 Å². The lowest BCUT2D eigenvalue weighted by Gasteiger charge is -2.07. The van der Waals surface area contributed by atoms with E-state index < -0.39 is 0 Å². The van der Waals surface area contributed by atoms with Gasteiger partial charge in [-0.1, -0.05) is 23.7 Å². The third kappa shape index (κ3) is 2.19. The van der Waals surface area contributed by atoms with Gasteiger partial charge in [-0.15, -0.1) is 0 Å². The maximum absolute atomic E-state index is 11.5. The number of nitrogens with two attached hydrogens (primary N) is 1. The largest absolute Gasteiger partial charge is 0.461 e. The van der Waals surface area contributed by atoms with E-state index in [1.807, 2.05) is 24.3 Å². The van der Waals surface area contributed by atoms with E-state index in [9.17, 15) is 4.79 Å². The molecule has 16 heavy (non-hydrogen) atoms. The quantitative estimate of drug-likeness (QED) is 0.800. The number of carbonyl (C=O) groups is 1. The van der Waals surface area contributed by atoms with Crippen molar-refractivity contribution >= 4 is 17.6 Å². The van der Waals surface area contributed by atoms with Crippen LogP contribution in [0.1, 0.15) is 5.56 Å². The highest BCUT2D eigenvalue weighted by molar-refractivity contribution is 6.30. The normalized spacial score (nSPS) is 22.4. The second-order valence-corrected chi connectivity index (χ2v) is 4.17. The zero-order chi connectivity index (χ0) is 11.5. The summed E-state index contributed by atoms with van der Waals surface area (Å²) in [6.07, 6.45) is 2.07. The molecule has 0 amide bonds. The predicted molar refractivity (Wildman–Crippen MR) is 61.9 cm³/mol. The predicted octanol–water partition coefficient (Wildman–Crippen LogP) is 1.90. The van der Waals surface area contributed by atoms with Crippen LogP contribution >= 0.6 is 11.6 Å². The molecule has 1 fully saturated rings. The first-order valence-electron chi connectivity index (χ1n) is 5.02. The van der Waals surface area contributed by atoms with Crippen molar-refractivity contribution in [3.8, 4) is 0 Å². The SMILES string of the molecule is NC=C1COC(=O)C1Cc1ccc(Cl)cc1. The van der Waals surface area contributed by atoms with Gasteiger partial charge in [-0.05, 0) is 35.9 Å². The zero-order valence-corrected chi connectivity index (χ0v) is 9.41. The van der Waals surface area contributed by atoms with Crippen molar-refractivity contribution in [1.29, 1.82) is 0 Å². The van der Waals surface area contributed by atoms with E-state index in [4.69, 9.17) is 22.1 Å². The van der Waals surface area contributed by atoms with Crippen LogP contribution in [-0.2, 0) is 16.0 Å². The summed E-state index contributed by atoms with van der Waals surface area (Å²) in [5.41, 5.74) is 7.34. The van der Waals surface area contributed by atoms with Crippen LogP contribution in [0.25, 0.3) is 0 Å². The van der Waals surface area contributed by atoms with Gasteiger partial charge < -0.3 is 10.5 Å². The van der Waals surface area contributed by atoms with Gasteiger partial charge in [0, 0.05) is 5.02 Å². The Balaban J connectivity index is 2.14. The summed E-state index contributed by atoms with van der Waals surface area (Å²) in [6, 6.07) is 7.43. The smallest absolute Gasteiger partial charge is 0.313 e. The standard InChI is InChI=1S/C12H12ClNO2/c13-10-3-1-8(2-4-10)5-11-9(6-14)7-16-12(11)15/h1-4,6,11H,5,7,14H2. The van der Waals surface area contributed by atoms with Crippen LogP contribution in [0.3, 0.4) is 0 Å². The van der Waals surface area contributed by atoms with E-state index in [-0.39, 0.29) is 11.9 Å². The molecule has 0 radical (unpaired) electrons. The number of rotatable bonds is 2. The van der Waals surface area contributed by atoms with Crippen LogP contribution in [0.15, 0.2) is 36.0 Å². The molecule has 0 aliphatic carbocycles. The monoisotopic (exact) mass is 237 g/mol. The fraction of sp³-hybridized carbons (Fsp3) is 0.250. The second kappa shape index (κ2) is 4.58. The molecular weight excluding hydrogens is 226 g/mol. The van der Waals surface area contributed by atoms with E-state index >= 15 is 0 Å². The zero-order valence-electron chi connectivity index (χ0n) is 8.65. The van der Waals surface area contributed by atoms with E-state index in [1.54, 1.807) is 0 Å². The third-order valence-electron chi connectivity index (χ3n) is 2.68. The van der Waals surface area contributed by atoms with Gasteiger partial charge in [-0.25, -0.2) is 0 Å². The minimum Gasteiger partial charge on any atom is -0.461 e. The van der Waals surface area contributed by atoms with E-state index in [1.165, 1.54) is 6.20 Å². The third-order valence-corrected chi connectivity index (χ3v) is 2.93. The molecule has 0 saturated carbocycles. The molecule has 1 atom stereocenters. The molecule has 3 nitrogen and oxygen atoms in total. The maximum Gasteiger partial charge on any atom is 0.313 e. The summed E-state index contributed by atoms with van der Waals surface area (Å²) >= 11 is 5.79. The molecule has 4 heteroatoms. The highest BCUT2D eigenvalue weighted by Gasteiger charge is 2.31. The highest BCUT2D eigenvalue weighted by atomic mass is 35.5. The summed E-state index contributed by atoms with van der Waals surface area (Å²) in [4.78, 5) is 11.5. The molecule has 1 saturated heterocycles. The Morgan fingerprint density at radius 2 is 2.12 bits per heavy atom. The number of halogens is 1. The second-order valence-electron chi connectivity index (χ2n) is 3.73. The first-order chi connectivity index (χ1) is 7.70. The van der Waals surface area contributed by atoms with Crippen LogP contribution in [0, 0.1) is 5.92 Å². The molecule has 0 bridgehead atoms. The Morgan fingerprint density at radius 3 is 2.75 bits per heavy atom. The number of ether oxygens (including phenoxy) is 1. The summed E-state index contributed by atoms with van der Waals surface area (Å²) in [5, 5.41) is 0.687. The molecule has 2 rings (SSSR count). The fourth-order valence-electron chi connectivity index (χ4n) is 1.74. The van der Waals surface area contributed by atoms with Crippen molar-refractivity contribution in [1.82, 2.24) is 0 Å². The Kier molecular flexibility index (Phi) is 3.15. The van der Waals surface area contributed by atoms with Gasteiger partial charge in [0.15, 0.2) is 0 Å². The molecule has 1 aliphatic rings. The number of carbonyl (C=O) groups excluding carboxylic acids is 1. The highest BCUT2D eigenvalue weighted by Crippen LogP contribution is 2.25. The van der Waals surface area contributed by atoms with Crippen LogP contribution in [0.5, 0.6) is 0 Å². The number of esters is 1. The molecule has 84 valence electrons. The first kappa shape index (κ1) is 11.0. The number of benzene rings is 1. The molecule has 1 aromatic carbocycles. The summed E-state index contributed by atoms with van der Waals surface area (Å²) in [7, 11) is 0. The lowest BCUT2D eigenvalue weighted by molar-refractivity contribution is -0.141. The molecule has 2 N–H and O–H groups in total. The topological polar surface area (TPSA) is 52.3 Å². The van der Waals surface area contributed by atoms with Crippen LogP contribution in [0.4, 0.5) is 0 Å². The molecule has 0 aromatic heterocycles. The van der Waals surface area contributed by atoms with Crippen molar-refractivity contribution < 1.29 is 9.53 Å². The van der Waals surface area contributed by atoms with Gasteiger partial charge in [0.2, 0.25) is 0 Å². The first-order valence-corrected chi connectivity index (χ1v) is 5.40. The minimum absolute atomic E-state index is 0.202. The number of cyclic esters (lactones) is 1. The van der Waals surface area contributed by atoms with Crippen LogP contribution < -0.4 is 5.73 Å². The lowest BCUT2D eigenvalue weighted by Crippen LogP contribution is -2.13. The number of hydrogen-bond donors (Lipinski definition) is 1. The molecule has 1 aromatic rings. The van der Waals surface area contributed by atoms with E-state index in [2.05, 4.69) is 0 Å². The summed E-state index contributed by atoms with van der Waals surface area (Å²) < 4.78 is 4.95.